The lowest BCUT2D eigenvalue weighted by molar-refractivity contribution is -0.148. The molecule has 0 aliphatic heterocycles. The van der Waals surface area contributed by atoms with Gasteiger partial charge in [-0.25, -0.2) is 9.18 Å². The van der Waals surface area contributed by atoms with Crippen LogP contribution in [-0.4, -0.2) is 18.0 Å². The number of carbonyl (C=O) groups is 2. The predicted molar refractivity (Wildman–Crippen MR) is 95.8 cm³/mol. The SMILES string of the molecule is C[C@@H](OC(=O)/C=C/c1ccc(C#N)cc1)C(=O)Nc1ccc(F)c(Cl)c1. The van der Waals surface area contributed by atoms with Gasteiger partial charge in [-0.3, -0.25) is 4.79 Å². The van der Waals surface area contributed by atoms with E-state index in [-0.39, 0.29) is 10.7 Å². The zero-order valence-electron chi connectivity index (χ0n) is 13.7. The van der Waals surface area contributed by atoms with Gasteiger partial charge in [0.05, 0.1) is 16.7 Å². The molecule has 0 bridgehead atoms. The number of benzene rings is 2. The zero-order chi connectivity index (χ0) is 19.1. The number of hydrogen-bond donors (Lipinski definition) is 1. The summed E-state index contributed by atoms with van der Waals surface area (Å²) in [6, 6.07) is 12.3. The molecule has 1 N–H and O–H groups in total. The fourth-order valence-electron chi connectivity index (χ4n) is 1.92. The number of nitriles is 1. The van der Waals surface area contributed by atoms with Crippen molar-refractivity contribution in [3.8, 4) is 6.07 Å². The summed E-state index contributed by atoms with van der Waals surface area (Å²) < 4.78 is 18.1. The topological polar surface area (TPSA) is 79.2 Å². The smallest absolute Gasteiger partial charge is 0.331 e. The maximum Gasteiger partial charge on any atom is 0.331 e. The van der Waals surface area contributed by atoms with Crippen molar-refractivity contribution in [2.24, 2.45) is 0 Å². The first-order chi connectivity index (χ1) is 12.4. The third-order valence-corrected chi connectivity index (χ3v) is 3.59. The number of amides is 1. The molecule has 0 aliphatic carbocycles. The number of hydrogen-bond acceptors (Lipinski definition) is 4. The van der Waals surface area contributed by atoms with E-state index < -0.39 is 23.8 Å². The van der Waals surface area contributed by atoms with Gasteiger partial charge >= 0.3 is 5.97 Å². The normalized spacial score (nSPS) is 11.6. The summed E-state index contributed by atoms with van der Waals surface area (Å²) in [7, 11) is 0. The van der Waals surface area contributed by atoms with Crippen LogP contribution >= 0.6 is 11.6 Å². The summed E-state index contributed by atoms with van der Waals surface area (Å²) in [5.41, 5.74) is 1.51. The Morgan fingerprint density at radius 2 is 1.96 bits per heavy atom. The predicted octanol–water partition coefficient (Wildman–Crippen LogP) is 3.93. The molecule has 1 atom stereocenters. The van der Waals surface area contributed by atoms with Gasteiger partial charge in [-0.05, 0) is 48.9 Å². The zero-order valence-corrected chi connectivity index (χ0v) is 14.5. The molecule has 0 heterocycles. The fraction of sp³-hybridized carbons (Fsp3) is 0.105. The van der Waals surface area contributed by atoms with Crippen molar-refractivity contribution in [2.45, 2.75) is 13.0 Å². The van der Waals surface area contributed by atoms with Crippen LogP contribution in [0.4, 0.5) is 10.1 Å². The molecule has 0 saturated heterocycles. The molecule has 2 rings (SSSR count). The van der Waals surface area contributed by atoms with Gasteiger partial charge in [0.25, 0.3) is 5.91 Å². The maximum atomic E-state index is 13.1. The van der Waals surface area contributed by atoms with Crippen molar-refractivity contribution >= 4 is 35.2 Å². The quantitative estimate of drug-likeness (QED) is 0.637. The second kappa shape index (κ2) is 8.79. The summed E-state index contributed by atoms with van der Waals surface area (Å²) in [4.78, 5) is 23.8. The van der Waals surface area contributed by atoms with Gasteiger partial charge in [0.1, 0.15) is 5.82 Å². The van der Waals surface area contributed by atoms with E-state index in [2.05, 4.69) is 5.32 Å². The first kappa shape index (κ1) is 19.2. The van der Waals surface area contributed by atoms with E-state index in [1.807, 2.05) is 6.07 Å². The second-order valence-corrected chi connectivity index (χ2v) is 5.67. The standard InChI is InChI=1S/C19H14ClFN2O3/c1-12(19(25)23-15-7-8-17(21)16(20)10-15)26-18(24)9-6-13-2-4-14(11-22)5-3-13/h2-10,12H,1H3,(H,23,25)/b9-6+/t12-/m1/s1. The van der Waals surface area contributed by atoms with Crippen LogP contribution in [0.3, 0.4) is 0 Å². The minimum atomic E-state index is -1.06. The van der Waals surface area contributed by atoms with Crippen molar-refractivity contribution in [3.63, 3.8) is 0 Å². The highest BCUT2D eigenvalue weighted by molar-refractivity contribution is 6.31. The lowest BCUT2D eigenvalue weighted by Crippen LogP contribution is -2.29. The van der Waals surface area contributed by atoms with Crippen LogP contribution in [0.2, 0.25) is 5.02 Å². The van der Waals surface area contributed by atoms with Crippen molar-refractivity contribution in [1.29, 1.82) is 5.26 Å². The Bertz CT molecular complexity index is 889. The summed E-state index contributed by atoms with van der Waals surface area (Å²) in [5, 5.41) is 11.1. The van der Waals surface area contributed by atoms with Gasteiger partial charge in [0, 0.05) is 11.8 Å². The van der Waals surface area contributed by atoms with Gasteiger partial charge in [-0.15, -0.1) is 0 Å². The second-order valence-electron chi connectivity index (χ2n) is 5.26. The van der Waals surface area contributed by atoms with Gasteiger partial charge < -0.3 is 10.1 Å². The minimum Gasteiger partial charge on any atom is -0.449 e. The number of nitrogens with zero attached hydrogens (tertiary/aromatic N) is 1. The highest BCUT2D eigenvalue weighted by Gasteiger charge is 2.17. The monoisotopic (exact) mass is 372 g/mol. The van der Waals surface area contributed by atoms with Crippen molar-refractivity contribution < 1.29 is 18.7 Å². The number of ether oxygens (including phenoxy) is 1. The van der Waals surface area contributed by atoms with E-state index in [4.69, 9.17) is 21.6 Å². The number of carbonyl (C=O) groups excluding carboxylic acids is 2. The molecule has 0 radical (unpaired) electrons. The molecular formula is C19H14ClFN2O3. The molecular weight excluding hydrogens is 359 g/mol. The van der Waals surface area contributed by atoms with E-state index in [1.54, 1.807) is 24.3 Å². The third kappa shape index (κ3) is 5.43. The Hall–Kier alpha value is -3.17. The van der Waals surface area contributed by atoms with E-state index in [1.165, 1.54) is 31.2 Å². The van der Waals surface area contributed by atoms with Gasteiger partial charge in [-0.1, -0.05) is 23.7 Å². The maximum absolute atomic E-state index is 13.1. The molecule has 7 heteroatoms. The van der Waals surface area contributed by atoms with E-state index >= 15 is 0 Å². The molecule has 2 aromatic carbocycles. The van der Waals surface area contributed by atoms with Crippen LogP contribution in [0.1, 0.15) is 18.1 Å². The molecule has 1 amide bonds. The number of nitrogens with one attached hydrogen (secondary N) is 1. The minimum absolute atomic E-state index is 0.127. The first-order valence-corrected chi connectivity index (χ1v) is 7.91. The lowest BCUT2D eigenvalue weighted by atomic mass is 10.1. The lowest BCUT2D eigenvalue weighted by Gasteiger charge is -2.12. The Labute approximate surface area is 154 Å². The van der Waals surface area contributed by atoms with Crippen molar-refractivity contribution in [1.82, 2.24) is 0 Å². The van der Waals surface area contributed by atoms with Crippen LogP contribution in [0, 0.1) is 17.1 Å². The van der Waals surface area contributed by atoms with Gasteiger partial charge in [0.2, 0.25) is 0 Å². The fourth-order valence-corrected chi connectivity index (χ4v) is 2.10. The summed E-state index contributed by atoms with van der Waals surface area (Å²) >= 11 is 5.64. The van der Waals surface area contributed by atoms with E-state index in [0.29, 0.717) is 11.1 Å². The van der Waals surface area contributed by atoms with Crippen LogP contribution in [0.5, 0.6) is 0 Å². The van der Waals surface area contributed by atoms with Crippen LogP contribution in [0.25, 0.3) is 6.08 Å². The van der Waals surface area contributed by atoms with Crippen LogP contribution < -0.4 is 5.32 Å². The van der Waals surface area contributed by atoms with Gasteiger partial charge in [0.15, 0.2) is 6.10 Å². The number of halogens is 2. The molecule has 0 saturated carbocycles. The molecule has 26 heavy (non-hydrogen) atoms. The van der Waals surface area contributed by atoms with Crippen molar-refractivity contribution in [2.75, 3.05) is 5.32 Å². The average molecular weight is 373 g/mol. The summed E-state index contributed by atoms with van der Waals surface area (Å²) in [6.45, 7) is 1.41. The summed E-state index contributed by atoms with van der Waals surface area (Å²) in [5.74, 6) is -1.88. The molecule has 2 aromatic rings. The first-order valence-electron chi connectivity index (χ1n) is 7.54. The largest absolute Gasteiger partial charge is 0.449 e. The highest BCUT2D eigenvalue weighted by atomic mass is 35.5. The molecule has 5 nitrogen and oxygen atoms in total. The molecule has 0 spiro atoms. The number of rotatable bonds is 5. The van der Waals surface area contributed by atoms with E-state index in [9.17, 15) is 14.0 Å². The van der Waals surface area contributed by atoms with Crippen LogP contribution in [0.15, 0.2) is 48.5 Å². The number of esters is 1. The Morgan fingerprint density at radius 3 is 2.58 bits per heavy atom. The van der Waals surface area contributed by atoms with Gasteiger partial charge in [-0.2, -0.15) is 5.26 Å². The highest BCUT2D eigenvalue weighted by Crippen LogP contribution is 2.19. The summed E-state index contributed by atoms with van der Waals surface area (Å²) in [6.07, 6.45) is 1.63. The van der Waals surface area contributed by atoms with E-state index in [0.717, 1.165) is 6.07 Å². The Morgan fingerprint density at radius 1 is 1.27 bits per heavy atom. The average Bonchev–Trinajstić information content (AvgIpc) is 2.63. The molecule has 0 aromatic heterocycles. The van der Waals surface area contributed by atoms with Crippen molar-refractivity contribution in [3.05, 3.63) is 70.5 Å². The molecule has 0 aliphatic rings. The number of anilines is 1. The Balaban J connectivity index is 1.90. The van der Waals surface area contributed by atoms with Crippen LogP contribution in [-0.2, 0) is 14.3 Å². The Kier molecular flexibility index (Phi) is 6.48. The molecule has 0 fully saturated rings. The molecule has 132 valence electrons. The third-order valence-electron chi connectivity index (χ3n) is 3.30. The molecule has 0 unspecified atom stereocenters.